The molecule has 0 saturated carbocycles. The van der Waals surface area contributed by atoms with Crippen LogP contribution in [0.4, 0.5) is 0 Å². The Kier molecular flexibility index (Phi) is 2.91. The summed E-state index contributed by atoms with van der Waals surface area (Å²) in [4.78, 5) is 25.6. The van der Waals surface area contributed by atoms with Crippen LogP contribution in [0.2, 0.25) is 0 Å². The highest BCUT2D eigenvalue weighted by Gasteiger charge is 2.30. The van der Waals surface area contributed by atoms with Gasteiger partial charge in [0.05, 0.1) is 12.7 Å². The quantitative estimate of drug-likeness (QED) is 0.789. The maximum absolute atomic E-state index is 12.3. The fourth-order valence-electron chi connectivity index (χ4n) is 2.30. The van der Waals surface area contributed by atoms with Crippen molar-refractivity contribution in [3.05, 3.63) is 59.5 Å². The number of carbonyl (C=O) groups is 2. The molecule has 3 rings (SSSR count). The number of carbonyl (C=O) groups excluding carboxylic acids is 2. The SMILES string of the molecule is O=C1Cc2ccccc2C(=O)N1CCc1ccco1. The van der Waals surface area contributed by atoms with Crippen LogP contribution >= 0.6 is 0 Å². The largest absolute Gasteiger partial charge is 0.469 e. The van der Waals surface area contributed by atoms with Crippen LogP contribution in [0.1, 0.15) is 21.7 Å². The summed E-state index contributed by atoms with van der Waals surface area (Å²) in [7, 11) is 0. The number of fused-ring (bicyclic) bond motifs is 1. The van der Waals surface area contributed by atoms with Gasteiger partial charge in [-0.3, -0.25) is 14.5 Å². The van der Waals surface area contributed by atoms with Gasteiger partial charge in [0.1, 0.15) is 5.76 Å². The smallest absolute Gasteiger partial charge is 0.260 e. The molecule has 0 atom stereocenters. The Morgan fingerprint density at radius 2 is 1.95 bits per heavy atom. The Labute approximate surface area is 110 Å². The summed E-state index contributed by atoms with van der Waals surface area (Å²) >= 11 is 0. The molecule has 0 unspecified atom stereocenters. The third kappa shape index (κ3) is 2.17. The van der Waals surface area contributed by atoms with Gasteiger partial charge in [-0.1, -0.05) is 18.2 Å². The summed E-state index contributed by atoms with van der Waals surface area (Å²) in [5.74, 6) is 0.424. The van der Waals surface area contributed by atoms with Crippen molar-refractivity contribution >= 4 is 11.8 Å². The van der Waals surface area contributed by atoms with Crippen LogP contribution in [0.15, 0.2) is 47.1 Å². The van der Waals surface area contributed by atoms with Crippen molar-refractivity contribution < 1.29 is 14.0 Å². The second-order valence-corrected chi connectivity index (χ2v) is 4.51. The third-order valence-corrected chi connectivity index (χ3v) is 3.30. The molecule has 0 N–H and O–H groups in total. The van der Waals surface area contributed by atoms with Crippen LogP contribution in [0.3, 0.4) is 0 Å². The number of amides is 2. The second-order valence-electron chi connectivity index (χ2n) is 4.51. The number of rotatable bonds is 3. The van der Waals surface area contributed by atoms with Crippen molar-refractivity contribution in [1.82, 2.24) is 4.90 Å². The minimum Gasteiger partial charge on any atom is -0.469 e. The zero-order chi connectivity index (χ0) is 13.2. The van der Waals surface area contributed by atoms with Gasteiger partial charge in [0.2, 0.25) is 5.91 Å². The predicted molar refractivity (Wildman–Crippen MR) is 68.6 cm³/mol. The maximum atomic E-state index is 12.3. The van der Waals surface area contributed by atoms with Crippen molar-refractivity contribution in [1.29, 1.82) is 0 Å². The Balaban J connectivity index is 1.79. The first-order valence-corrected chi connectivity index (χ1v) is 6.20. The van der Waals surface area contributed by atoms with Gasteiger partial charge in [-0.15, -0.1) is 0 Å². The van der Waals surface area contributed by atoms with E-state index < -0.39 is 0 Å². The average molecular weight is 255 g/mol. The molecule has 0 fully saturated rings. The van der Waals surface area contributed by atoms with E-state index >= 15 is 0 Å². The minimum absolute atomic E-state index is 0.143. The third-order valence-electron chi connectivity index (χ3n) is 3.30. The van der Waals surface area contributed by atoms with E-state index in [9.17, 15) is 9.59 Å². The first-order chi connectivity index (χ1) is 9.25. The summed E-state index contributed by atoms with van der Waals surface area (Å²) in [5.41, 5.74) is 1.44. The molecule has 1 aliphatic heterocycles. The normalized spacial score (nSPS) is 14.6. The molecule has 0 radical (unpaired) electrons. The lowest BCUT2D eigenvalue weighted by molar-refractivity contribution is -0.128. The predicted octanol–water partition coefficient (Wildman–Crippen LogP) is 2.05. The Bertz CT molecular complexity index is 616. The molecule has 96 valence electrons. The summed E-state index contributed by atoms with van der Waals surface area (Å²) < 4.78 is 5.22. The number of furan rings is 1. The van der Waals surface area contributed by atoms with Crippen LogP contribution in [0, 0.1) is 0 Å². The number of imide groups is 1. The summed E-state index contributed by atoms with van der Waals surface area (Å²) in [6.45, 7) is 0.361. The standard InChI is InChI=1S/C15H13NO3/c17-14-10-11-4-1-2-6-13(11)15(18)16(14)8-7-12-5-3-9-19-12/h1-6,9H,7-8,10H2. The molecule has 1 aromatic carbocycles. The fraction of sp³-hybridized carbons (Fsp3) is 0.200. The van der Waals surface area contributed by atoms with Gasteiger partial charge < -0.3 is 4.42 Å². The van der Waals surface area contributed by atoms with Crippen LogP contribution < -0.4 is 0 Å². The molecule has 2 amide bonds. The van der Waals surface area contributed by atoms with Gasteiger partial charge in [0.15, 0.2) is 0 Å². The number of hydrogen-bond donors (Lipinski definition) is 0. The molecular formula is C15H13NO3. The molecule has 0 bridgehead atoms. The highest BCUT2D eigenvalue weighted by molar-refractivity contribution is 6.09. The molecule has 0 aliphatic carbocycles. The first kappa shape index (κ1) is 11.7. The molecule has 1 aliphatic rings. The number of nitrogens with zero attached hydrogens (tertiary/aromatic N) is 1. The van der Waals surface area contributed by atoms with E-state index in [1.54, 1.807) is 18.4 Å². The average Bonchev–Trinajstić information content (AvgIpc) is 2.92. The lowest BCUT2D eigenvalue weighted by Gasteiger charge is -2.26. The fourth-order valence-corrected chi connectivity index (χ4v) is 2.30. The number of hydrogen-bond acceptors (Lipinski definition) is 3. The molecule has 0 saturated heterocycles. The Morgan fingerprint density at radius 1 is 1.11 bits per heavy atom. The molecule has 19 heavy (non-hydrogen) atoms. The van der Waals surface area contributed by atoms with E-state index in [4.69, 9.17) is 4.42 Å². The molecule has 0 spiro atoms. The van der Waals surface area contributed by atoms with E-state index in [-0.39, 0.29) is 11.8 Å². The van der Waals surface area contributed by atoms with Crippen LogP contribution in [0.5, 0.6) is 0 Å². The van der Waals surface area contributed by atoms with Crippen molar-refractivity contribution in [2.24, 2.45) is 0 Å². The highest BCUT2D eigenvalue weighted by atomic mass is 16.3. The van der Waals surface area contributed by atoms with Crippen molar-refractivity contribution in [2.75, 3.05) is 6.54 Å². The lowest BCUT2D eigenvalue weighted by Crippen LogP contribution is -2.43. The summed E-state index contributed by atoms with van der Waals surface area (Å²) in [5, 5.41) is 0. The Morgan fingerprint density at radius 3 is 2.74 bits per heavy atom. The zero-order valence-electron chi connectivity index (χ0n) is 10.3. The van der Waals surface area contributed by atoms with E-state index in [1.807, 2.05) is 24.3 Å². The second kappa shape index (κ2) is 4.72. The topological polar surface area (TPSA) is 50.5 Å². The Hall–Kier alpha value is -2.36. The van der Waals surface area contributed by atoms with Gasteiger partial charge in [0, 0.05) is 18.5 Å². The van der Waals surface area contributed by atoms with E-state index in [1.165, 1.54) is 4.90 Å². The van der Waals surface area contributed by atoms with Gasteiger partial charge in [-0.25, -0.2) is 0 Å². The molecular weight excluding hydrogens is 242 g/mol. The molecule has 4 nitrogen and oxygen atoms in total. The van der Waals surface area contributed by atoms with Crippen molar-refractivity contribution in [2.45, 2.75) is 12.8 Å². The molecule has 2 heterocycles. The summed E-state index contributed by atoms with van der Waals surface area (Å²) in [6.07, 6.45) is 2.43. The van der Waals surface area contributed by atoms with E-state index in [2.05, 4.69) is 0 Å². The van der Waals surface area contributed by atoms with E-state index in [0.29, 0.717) is 24.9 Å². The minimum atomic E-state index is -0.210. The summed E-state index contributed by atoms with van der Waals surface area (Å²) in [6, 6.07) is 10.9. The van der Waals surface area contributed by atoms with Crippen molar-refractivity contribution in [3.8, 4) is 0 Å². The van der Waals surface area contributed by atoms with E-state index in [0.717, 1.165) is 11.3 Å². The molecule has 2 aromatic rings. The van der Waals surface area contributed by atoms with Crippen molar-refractivity contribution in [3.63, 3.8) is 0 Å². The molecule has 4 heteroatoms. The van der Waals surface area contributed by atoms with Crippen LogP contribution in [0.25, 0.3) is 0 Å². The lowest BCUT2D eigenvalue weighted by atomic mass is 9.98. The highest BCUT2D eigenvalue weighted by Crippen LogP contribution is 2.19. The van der Waals surface area contributed by atoms with Gasteiger partial charge in [0.25, 0.3) is 5.91 Å². The van der Waals surface area contributed by atoms with Gasteiger partial charge in [-0.05, 0) is 23.8 Å². The maximum Gasteiger partial charge on any atom is 0.260 e. The monoisotopic (exact) mass is 255 g/mol. The molecule has 1 aromatic heterocycles. The first-order valence-electron chi connectivity index (χ1n) is 6.20. The van der Waals surface area contributed by atoms with Gasteiger partial charge >= 0.3 is 0 Å². The van der Waals surface area contributed by atoms with Crippen LogP contribution in [-0.2, 0) is 17.6 Å². The number of benzene rings is 1. The van der Waals surface area contributed by atoms with Gasteiger partial charge in [-0.2, -0.15) is 0 Å². The zero-order valence-corrected chi connectivity index (χ0v) is 10.3. The van der Waals surface area contributed by atoms with Crippen LogP contribution in [-0.4, -0.2) is 23.3 Å².